The van der Waals surface area contributed by atoms with Crippen LogP contribution in [0.15, 0.2) is 0 Å². The van der Waals surface area contributed by atoms with Gasteiger partial charge < -0.3 is 35.9 Å². The first-order valence-electron chi connectivity index (χ1n) is 11.1. The second kappa shape index (κ2) is 15.2. The second-order valence-electron chi connectivity index (χ2n) is 8.71. The molecule has 4 atom stereocenters. The summed E-state index contributed by atoms with van der Waals surface area (Å²) in [5, 5.41) is 40.3. The van der Waals surface area contributed by atoms with Crippen LogP contribution in [-0.2, 0) is 38.4 Å². The Morgan fingerprint density at radius 1 is 0.667 bits per heavy atom. The summed E-state index contributed by atoms with van der Waals surface area (Å²) < 4.78 is 0. The van der Waals surface area contributed by atoms with Gasteiger partial charge in [0.05, 0.1) is 24.8 Å². The van der Waals surface area contributed by atoms with E-state index in [-0.39, 0.29) is 6.42 Å². The maximum Gasteiger partial charge on any atom is 0.326 e. The molecule has 0 fully saturated rings. The van der Waals surface area contributed by atoms with Gasteiger partial charge in [0.25, 0.3) is 0 Å². The van der Waals surface area contributed by atoms with Crippen LogP contribution >= 0.6 is 0 Å². The van der Waals surface area contributed by atoms with Crippen LogP contribution in [0, 0.1) is 17.8 Å². The average Bonchev–Trinajstić information content (AvgIpc) is 2.71. The van der Waals surface area contributed by atoms with Crippen molar-refractivity contribution in [2.45, 2.75) is 71.4 Å². The van der Waals surface area contributed by atoms with Crippen LogP contribution in [0.1, 0.15) is 59.3 Å². The van der Waals surface area contributed by atoms with Crippen molar-refractivity contribution in [1.29, 1.82) is 0 Å². The predicted molar refractivity (Wildman–Crippen MR) is 120 cm³/mol. The number of carbonyl (C=O) groups is 8. The van der Waals surface area contributed by atoms with Gasteiger partial charge in [-0.2, -0.15) is 0 Å². The lowest BCUT2D eigenvalue weighted by molar-refractivity contribution is -0.148. The molecule has 0 aliphatic rings. The molecule has 0 aromatic rings. The number of hydrogen-bond donors (Lipinski definition) is 6. The number of carboxylic acid groups (broad SMARTS) is 4. The first-order chi connectivity index (χ1) is 16.5. The van der Waals surface area contributed by atoms with Gasteiger partial charge in [-0.1, -0.05) is 13.8 Å². The van der Waals surface area contributed by atoms with Gasteiger partial charge in [0.2, 0.25) is 11.8 Å². The van der Waals surface area contributed by atoms with Crippen LogP contribution in [0.4, 0.5) is 0 Å². The summed E-state index contributed by atoms with van der Waals surface area (Å²) in [4.78, 5) is 94.0. The van der Waals surface area contributed by atoms with Crippen molar-refractivity contribution in [2.75, 3.05) is 0 Å². The van der Waals surface area contributed by atoms with Crippen molar-refractivity contribution in [3.05, 3.63) is 0 Å². The monoisotopic (exact) mass is 516 g/mol. The molecule has 0 aromatic heterocycles. The van der Waals surface area contributed by atoms with E-state index in [2.05, 4.69) is 10.6 Å². The Morgan fingerprint density at radius 3 is 1.61 bits per heavy atom. The molecule has 14 nitrogen and oxygen atoms in total. The van der Waals surface area contributed by atoms with Gasteiger partial charge in [-0.25, -0.2) is 4.79 Å². The Hall–Kier alpha value is -3.84. The van der Waals surface area contributed by atoms with E-state index >= 15 is 0 Å². The molecular formula is C22H32N2O12. The number of ketones is 2. The molecule has 0 rings (SSSR count). The fourth-order valence-electron chi connectivity index (χ4n) is 3.33. The molecule has 6 N–H and O–H groups in total. The highest BCUT2D eigenvalue weighted by Gasteiger charge is 2.34. The van der Waals surface area contributed by atoms with E-state index in [0.717, 1.165) is 6.92 Å². The lowest BCUT2D eigenvalue weighted by Gasteiger charge is -2.25. The van der Waals surface area contributed by atoms with E-state index in [1.165, 1.54) is 0 Å². The quantitative estimate of drug-likeness (QED) is 0.137. The number of carboxylic acids is 4. The highest BCUT2D eigenvalue weighted by atomic mass is 16.4. The minimum atomic E-state index is -1.75. The van der Waals surface area contributed by atoms with E-state index < -0.39 is 109 Å². The van der Waals surface area contributed by atoms with E-state index in [0.29, 0.717) is 0 Å². The molecule has 0 unspecified atom stereocenters. The SMILES string of the molecule is CC(=O)C[C@@H](CC(=O)O)C(=O)N[C@@H](CCC(=O)O)C(=O)C[C@H](C(=O)N[C@@H](CC(=O)O)C(=O)O)C(C)C. The Kier molecular flexibility index (Phi) is 13.6. The standard InChI is InChI=1S/C22H32N2O12/c1-10(2)13(21(34)24-15(22(35)36)9-19(31)32)8-16(26)14(4-5-17(27)28)23-20(33)12(6-11(3)25)7-18(29)30/h10,12-15H,4-9H2,1-3H3,(H,23,33)(H,24,34)(H,27,28)(H,29,30)(H,31,32)(H,35,36)/t12-,13-,14-,15-/m0/s1. The molecule has 0 aliphatic carbocycles. The van der Waals surface area contributed by atoms with Crippen LogP contribution in [0.3, 0.4) is 0 Å². The summed E-state index contributed by atoms with van der Waals surface area (Å²) in [6, 6.07) is -3.18. The summed E-state index contributed by atoms with van der Waals surface area (Å²) in [6.07, 6.45) is -3.52. The summed E-state index contributed by atoms with van der Waals surface area (Å²) in [5.41, 5.74) is 0. The van der Waals surface area contributed by atoms with Crippen molar-refractivity contribution in [1.82, 2.24) is 10.6 Å². The van der Waals surface area contributed by atoms with Crippen molar-refractivity contribution in [3.63, 3.8) is 0 Å². The average molecular weight is 517 g/mol. The van der Waals surface area contributed by atoms with Crippen molar-refractivity contribution < 1.29 is 58.8 Å². The van der Waals surface area contributed by atoms with Crippen LogP contribution in [-0.4, -0.2) is 79.8 Å². The highest BCUT2D eigenvalue weighted by molar-refractivity contribution is 5.95. The molecule has 0 aromatic carbocycles. The van der Waals surface area contributed by atoms with Gasteiger partial charge in [-0.3, -0.25) is 28.8 Å². The Labute approximate surface area is 206 Å². The third-order valence-corrected chi connectivity index (χ3v) is 5.23. The van der Waals surface area contributed by atoms with Gasteiger partial charge in [0.15, 0.2) is 5.78 Å². The zero-order valence-corrected chi connectivity index (χ0v) is 20.2. The van der Waals surface area contributed by atoms with E-state index in [4.69, 9.17) is 20.4 Å². The van der Waals surface area contributed by atoms with Crippen molar-refractivity contribution in [2.24, 2.45) is 17.8 Å². The Morgan fingerprint density at radius 2 is 1.19 bits per heavy atom. The number of hydrogen-bond acceptors (Lipinski definition) is 8. The fraction of sp³-hybridized carbons (Fsp3) is 0.636. The maximum atomic E-state index is 13.0. The van der Waals surface area contributed by atoms with Crippen molar-refractivity contribution >= 4 is 47.3 Å². The number of carbonyl (C=O) groups excluding carboxylic acids is 4. The lowest BCUT2D eigenvalue weighted by atomic mass is 9.86. The summed E-state index contributed by atoms with van der Waals surface area (Å²) in [6.45, 7) is 4.24. The molecule has 0 heterocycles. The highest BCUT2D eigenvalue weighted by Crippen LogP contribution is 2.20. The summed E-state index contributed by atoms with van der Waals surface area (Å²) in [5.74, 6) is -11.8. The zero-order chi connectivity index (χ0) is 28.2. The molecule has 2 amide bonds. The Bertz CT molecular complexity index is 866. The number of aliphatic carboxylic acids is 4. The molecule has 0 radical (unpaired) electrons. The summed E-state index contributed by atoms with van der Waals surface area (Å²) >= 11 is 0. The molecule has 0 spiro atoms. The van der Waals surface area contributed by atoms with Crippen LogP contribution in [0.2, 0.25) is 0 Å². The Balaban J connectivity index is 5.74. The van der Waals surface area contributed by atoms with Crippen LogP contribution < -0.4 is 10.6 Å². The first kappa shape index (κ1) is 32.2. The maximum absolute atomic E-state index is 13.0. The van der Waals surface area contributed by atoms with Gasteiger partial charge in [-0.15, -0.1) is 0 Å². The smallest absolute Gasteiger partial charge is 0.326 e. The molecule has 0 bridgehead atoms. The number of Topliss-reactive ketones (excluding diaryl/α,β-unsaturated/α-hetero) is 2. The third-order valence-electron chi connectivity index (χ3n) is 5.23. The normalized spacial score (nSPS) is 14.1. The van der Waals surface area contributed by atoms with Crippen molar-refractivity contribution in [3.8, 4) is 0 Å². The molecule has 0 aliphatic heterocycles. The predicted octanol–water partition coefficient (Wildman–Crippen LogP) is -0.318. The zero-order valence-electron chi connectivity index (χ0n) is 20.2. The van der Waals surface area contributed by atoms with Gasteiger partial charge in [-0.05, 0) is 19.3 Å². The largest absolute Gasteiger partial charge is 0.481 e. The molecule has 0 saturated carbocycles. The number of nitrogens with one attached hydrogen (secondary N) is 2. The molecule has 14 heteroatoms. The van der Waals surface area contributed by atoms with E-state index in [9.17, 15) is 38.4 Å². The topological polar surface area (TPSA) is 242 Å². The lowest BCUT2D eigenvalue weighted by Crippen LogP contribution is -2.48. The second-order valence-corrected chi connectivity index (χ2v) is 8.71. The fourth-order valence-corrected chi connectivity index (χ4v) is 3.33. The van der Waals surface area contributed by atoms with Crippen LogP contribution in [0.25, 0.3) is 0 Å². The number of amides is 2. The van der Waals surface area contributed by atoms with E-state index in [1.54, 1.807) is 13.8 Å². The first-order valence-corrected chi connectivity index (χ1v) is 11.1. The number of rotatable bonds is 18. The minimum Gasteiger partial charge on any atom is -0.481 e. The molecule has 36 heavy (non-hydrogen) atoms. The minimum absolute atomic E-state index is 0.386. The molecule has 0 saturated heterocycles. The van der Waals surface area contributed by atoms with E-state index in [1.807, 2.05) is 0 Å². The van der Waals surface area contributed by atoms with Gasteiger partial charge >= 0.3 is 23.9 Å². The van der Waals surface area contributed by atoms with Gasteiger partial charge in [0.1, 0.15) is 11.8 Å². The van der Waals surface area contributed by atoms with Crippen LogP contribution in [0.5, 0.6) is 0 Å². The van der Waals surface area contributed by atoms with Gasteiger partial charge in [0, 0.05) is 25.2 Å². The molecular weight excluding hydrogens is 484 g/mol. The molecule has 202 valence electrons. The summed E-state index contributed by atoms with van der Waals surface area (Å²) in [7, 11) is 0. The third kappa shape index (κ3) is 12.6.